The average Bonchev–Trinajstić information content (AvgIpc) is 3.07. The Balaban J connectivity index is 1.47. The van der Waals surface area contributed by atoms with E-state index in [1.807, 2.05) is 72.2 Å². The van der Waals surface area contributed by atoms with Crippen LogP contribution in [-0.2, 0) is 36.2 Å². The molecule has 1 aromatic heterocycles. The van der Waals surface area contributed by atoms with Crippen molar-refractivity contribution in [3.05, 3.63) is 83.2 Å². The fourth-order valence-electron chi connectivity index (χ4n) is 4.42. The number of benzene rings is 2. The van der Waals surface area contributed by atoms with Crippen LogP contribution < -0.4 is 4.74 Å². The summed E-state index contributed by atoms with van der Waals surface area (Å²) in [5.41, 5.74) is 4.42. The summed E-state index contributed by atoms with van der Waals surface area (Å²) in [5.74, 6) is 0.959. The molecule has 1 atom stereocenters. The predicted molar refractivity (Wildman–Crippen MR) is 132 cm³/mol. The minimum Gasteiger partial charge on any atom is -0.497 e. The van der Waals surface area contributed by atoms with Crippen LogP contribution in [0.2, 0.25) is 0 Å². The van der Waals surface area contributed by atoms with Gasteiger partial charge in [0.05, 0.1) is 32.1 Å². The van der Waals surface area contributed by atoms with Gasteiger partial charge < -0.3 is 14.4 Å². The van der Waals surface area contributed by atoms with Crippen LogP contribution in [-0.4, -0.2) is 64.9 Å². The maximum Gasteiger partial charge on any atom is 0.236 e. The first-order valence-corrected chi connectivity index (χ1v) is 11.8. The second-order valence-electron chi connectivity index (χ2n) is 8.94. The van der Waals surface area contributed by atoms with Crippen molar-refractivity contribution in [1.29, 1.82) is 0 Å². The van der Waals surface area contributed by atoms with E-state index < -0.39 is 0 Å². The molecule has 0 aliphatic carbocycles. The molecular weight excluding hydrogens is 428 g/mol. The van der Waals surface area contributed by atoms with Crippen molar-refractivity contribution in [2.45, 2.75) is 32.6 Å². The third-order valence-corrected chi connectivity index (χ3v) is 6.24. The van der Waals surface area contributed by atoms with Gasteiger partial charge in [-0.05, 0) is 36.6 Å². The number of rotatable bonds is 9. The Hall–Kier alpha value is -3.16. The van der Waals surface area contributed by atoms with E-state index >= 15 is 0 Å². The third-order valence-electron chi connectivity index (χ3n) is 6.24. The van der Waals surface area contributed by atoms with Crippen LogP contribution >= 0.6 is 0 Å². The fraction of sp³-hybridized carbons (Fsp3) is 0.407. The van der Waals surface area contributed by atoms with E-state index in [9.17, 15) is 4.79 Å². The lowest BCUT2D eigenvalue weighted by atomic mass is 10.1. The topological polar surface area (TPSA) is 59.8 Å². The predicted octanol–water partition coefficient (Wildman–Crippen LogP) is 3.21. The molecule has 3 aromatic rings. The van der Waals surface area contributed by atoms with Crippen molar-refractivity contribution in [2.75, 3.05) is 33.3 Å². The van der Waals surface area contributed by atoms with E-state index in [1.165, 1.54) is 5.56 Å². The van der Waals surface area contributed by atoms with Crippen molar-refractivity contribution in [1.82, 2.24) is 19.6 Å². The van der Waals surface area contributed by atoms with Gasteiger partial charge in [0, 0.05) is 45.0 Å². The zero-order chi connectivity index (χ0) is 23.9. The molecule has 1 aliphatic rings. The van der Waals surface area contributed by atoms with Crippen molar-refractivity contribution in [3.8, 4) is 5.75 Å². The largest absolute Gasteiger partial charge is 0.497 e. The summed E-state index contributed by atoms with van der Waals surface area (Å²) in [7, 11) is 3.59. The van der Waals surface area contributed by atoms with Crippen LogP contribution in [0.1, 0.15) is 22.4 Å². The molecule has 1 aliphatic heterocycles. The lowest BCUT2D eigenvalue weighted by Crippen LogP contribution is -2.39. The number of methoxy groups -OCH3 is 1. The third kappa shape index (κ3) is 6.46. The van der Waals surface area contributed by atoms with Gasteiger partial charge in [-0.3, -0.25) is 14.4 Å². The lowest BCUT2D eigenvalue weighted by Gasteiger charge is -2.25. The monoisotopic (exact) mass is 462 g/mol. The number of carbonyl (C=O) groups excluding carboxylic acids is 1. The van der Waals surface area contributed by atoms with Crippen LogP contribution in [0.5, 0.6) is 5.75 Å². The molecule has 1 unspecified atom stereocenters. The lowest BCUT2D eigenvalue weighted by molar-refractivity contribution is -0.131. The number of aryl methyl sites for hydroxylation is 2. The highest BCUT2D eigenvalue weighted by atomic mass is 16.5. The Morgan fingerprint density at radius 2 is 1.85 bits per heavy atom. The van der Waals surface area contributed by atoms with Crippen molar-refractivity contribution >= 4 is 5.91 Å². The molecule has 4 rings (SSSR count). The molecule has 1 fully saturated rings. The van der Waals surface area contributed by atoms with E-state index in [-0.39, 0.29) is 12.0 Å². The van der Waals surface area contributed by atoms with Crippen LogP contribution in [0.15, 0.2) is 60.8 Å². The van der Waals surface area contributed by atoms with E-state index in [0.717, 1.165) is 29.0 Å². The maximum atomic E-state index is 13.2. The smallest absolute Gasteiger partial charge is 0.236 e. The van der Waals surface area contributed by atoms with E-state index in [0.29, 0.717) is 39.3 Å². The summed E-state index contributed by atoms with van der Waals surface area (Å²) in [5, 5.41) is 4.46. The van der Waals surface area contributed by atoms with Gasteiger partial charge in [0.25, 0.3) is 0 Å². The highest BCUT2D eigenvalue weighted by Crippen LogP contribution is 2.18. The number of nitrogens with zero attached hydrogens (tertiary/aromatic N) is 4. The molecule has 0 spiro atoms. The number of hydrogen-bond acceptors (Lipinski definition) is 5. The fourth-order valence-corrected chi connectivity index (χ4v) is 4.42. The molecule has 34 heavy (non-hydrogen) atoms. The quantitative estimate of drug-likeness (QED) is 0.489. The SMILES string of the molecule is COc1cccc(COC2CN(Cc3cn(C)nc3C)CC(=O)N(CCc3ccccc3)C2)c1. The van der Waals surface area contributed by atoms with Gasteiger partial charge in [0.1, 0.15) is 5.75 Å². The second kappa shape index (κ2) is 11.3. The van der Waals surface area contributed by atoms with Crippen molar-refractivity contribution in [2.24, 2.45) is 7.05 Å². The number of ether oxygens (including phenoxy) is 2. The molecule has 0 N–H and O–H groups in total. The van der Waals surface area contributed by atoms with E-state index in [4.69, 9.17) is 9.47 Å². The van der Waals surface area contributed by atoms with Crippen LogP contribution in [0.3, 0.4) is 0 Å². The Bertz CT molecular complexity index is 1080. The van der Waals surface area contributed by atoms with Crippen LogP contribution in [0.25, 0.3) is 0 Å². The number of aromatic nitrogens is 2. The van der Waals surface area contributed by atoms with E-state index in [2.05, 4.69) is 22.1 Å². The summed E-state index contributed by atoms with van der Waals surface area (Å²) >= 11 is 0. The Morgan fingerprint density at radius 1 is 1.06 bits per heavy atom. The summed E-state index contributed by atoms with van der Waals surface area (Å²) < 4.78 is 13.5. The Morgan fingerprint density at radius 3 is 2.59 bits per heavy atom. The standard InChI is InChI=1S/C27H34N4O3/c1-21-24(15-29(2)28-21)16-30-17-26(34-20-23-10-7-11-25(14-23)33-3)18-31(27(32)19-30)13-12-22-8-5-4-6-9-22/h4-11,14-15,26H,12-13,16-20H2,1-3H3. The molecule has 1 saturated heterocycles. The van der Waals surface area contributed by atoms with Crippen molar-refractivity contribution < 1.29 is 14.3 Å². The molecule has 2 aromatic carbocycles. The highest BCUT2D eigenvalue weighted by molar-refractivity contribution is 5.78. The molecule has 0 saturated carbocycles. The second-order valence-corrected chi connectivity index (χ2v) is 8.94. The molecule has 180 valence electrons. The van der Waals surface area contributed by atoms with Crippen LogP contribution in [0, 0.1) is 6.92 Å². The van der Waals surface area contributed by atoms with Crippen LogP contribution in [0.4, 0.5) is 0 Å². The average molecular weight is 463 g/mol. The van der Waals surface area contributed by atoms with Gasteiger partial charge in [-0.2, -0.15) is 5.10 Å². The van der Waals surface area contributed by atoms with Gasteiger partial charge in [-0.25, -0.2) is 0 Å². The first-order chi connectivity index (χ1) is 16.5. The van der Waals surface area contributed by atoms with Gasteiger partial charge in [-0.15, -0.1) is 0 Å². The normalized spacial score (nSPS) is 17.1. The molecule has 1 amide bonds. The first-order valence-electron chi connectivity index (χ1n) is 11.8. The molecule has 2 heterocycles. The van der Waals surface area contributed by atoms with Gasteiger partial charge >= 0.3 is 0 Å². The minimum absolute atomic E-state index is 0.0922. The first kappa shape index (κ1) is 24.0. The van der Waals surface area contributed by atoms with Gasteiger partial charge in [0.2, 0.25) is 5.91 Å². The van der Waals surface area contributed by atoms with Gasteiger partial charge in [0.15, 0.2) is 0 Å². The Labute approximate surface area is 201 Å². The molecular formula is C27H34N4O3. The number of amides is 1. The summed E-state index contributed by atoms with van der Waals surface area (Å²) in [6, 6.07) is 18.2. The zero-order valence-corrected chi connectivity index (χ0v) is 20.3. The maximum absolute atomic E-state index is 13.2. The summed E-state index contributed by atoms with van der Waals surface area (Å²) in [6.45, 7) is 5.49. The molecule has 0 bridgehead atoms. The van der Waals surface area contributed by atoms with Gasteiger partial charge in [-0.1, -0.05) is 42.5 Å². The van der Waals surface area contributed by atoms with Crippen molar-refractivity contribution in [3.63, 3.8) is 0 Å². The number of carbonyl (C=O) groups is 1. The molecule has 7 heteroatoms. The minimum atomic E-state index is -0.0922. The highest BCUT2D eigenvalue weighted by Gasteiger charge is 2.29. The summed E-state index contributed by atoms with van der Waals surface area (Å²) in [4.78, 5) is 17.4. The molecule has 0 radical (unpaired) electrons. The van der Waals surface area contributed by atoms with E-state index in [1.54, 1.807) is 7.11 Å². The summed E-state index contributed by atoms with van der Waals surface area (Å²) in [6.07, 6.45) is 2.77. The Kier molecular flexibility index (Phi) is 7.98. The molecule has 7 nitrogen and oxygen atoms in total. The number of hydrogen-bond donors (Lipinski definition) is 0. The zero-order valence-electron chi connectivity index (χ0n) is 20.3.